The first-order chi connectivity index (χ1) is 14.2. The van der Waals surface area contributed by atoms with E-state index in [9.17, 15) is 22.8 Å². The lowest BCUT2D eigenvalue weighted by molar-refractivity contribution is -0.137. The number of carbonyl (C=O) groups excluding carboxylic acids is 2. The third-order valence-corrected chi connectivity index (χ3v) is 4.05. The molecule has 0 aliphatic carbocycles. The standard InChI is InChI=1S/C20H13ClF3N3O3/c21-16-7-2-1-6-15(16)18(28)27-19(29)26-13-8-9-17(25-11-13)30-14-5-3-4-12(10-14)20(22,23)24/h1-11H,(H2,26,27,28,29). The summed E-state index contributed by atoms with van der Waals surface area (Å²) in [6.45, 7) is 0. The Balaban J connectivity index is 1.60. The molecule has 0 aliphatic heterocycles. The Morgan fingerprint density at radius 3 is 2.43 bits per heavy atom. The van der Waals surface area contributed by atoms with Gasteiger partial charge in [0.15, 0.2) is 0 Å². The number of imide groups is 1. The Morgan fingerprint density at radius 1 is 1.00 bits per heavy atom. The molecular weight excluding hydrogens is 423 g/mol. The van der Waals surface area contributed by atoms with Gasteiger partial charge in [-0.2, -0.15) is 13.2 Å². The molecule has 1 aromatic heterocycles. The molecule has 10 heteroatoms. The van der Waals surface area contributed by atoms with Gasteiger partial charge in [-0.3, -0.25) is 10.1 Å². The van der Waals surface area contributed by atoms with Gasteiger partial charge in [0.1, 0.15) is 5.75 Å². The smallest absolute Gasteiger partial charge is 0.416 e. The Hall–Kier alpha value is -3.59. The number of hydrogen-bond acceptors (Lipinski definition) is 4. The predicted octanol–water partition coefficient (Wildman–Crippen LogP) is 5.51. The van der Waals surface area contributed by atoms with Gasteiger partial charge in [-0.05, 0) is 36.4 Å². The van der Waals surface area contributed by atoms with Crippen molar-refractivity contribution in [2.45, 2.75) is 6.18 Å². The van der Waals surface area contributed by atoms with E-state index in [4.69, 9.17) is 16.3 Å². The highest BCUT2D eigenvalue weighted by atomic mass is 35.5. The van der Waals surface area contributed by atoms with Gasteiger partial charge >= 0.3 is 12.2 Å². The van der Waals surface area contributed by atoms with Crippen molar-refractivity contribution in [3.05, 3.63) is 83.0 Å². The fraction of sp³-hybridized carbons (Fsp3) is 0.0500. The highest BCUT2D eigenvalue weighted by Gasteiger charge is 2.30. The summed E-state index contributed by atoms with van der Waals surface area (Å²) in [6, 6.07) is 12.5. The molecule has 2 aromatic carbocycles. The molecule has 3 aromatic rings. The van der Waals surface area contributed by atoms with E-state index in [1.54, 1.807) is 12.1 Å². The Bertz CT molecular complexity index is 1070. The maximum atomic E-state index is 12.8. The first kappa shape index (κ1) is 21.1. The Labute approximate surface area is 173 Å². The maximum Gasteiger partial charge on any atom is 0.416 e. The molecule has 30 heavy (non-hydrogen) atoms. The van der Waals surface area contributed by atoms with E-state index in [-0.39, 0.29) is 27.9 Å². The molecule has 0 radical (unpaired) electrons. The second-order valence-corrected chi connectivity index (χ2v) is 6.31. The second kappa shape index (κ2) is 8.83. The number of ether oxygens (including phenoxy) is 1. The number of amides is 3. The second-order valence-electron chi connectivity index (χ2n) is 5.90. The van der Waals surface area contributed by atoms with Crippen LogP contribution in [0.5, 0.6) is 11.6 Å². The van der Waals surface area contributed by atoms with E-state index in [2.05, 4.69) is 15.6 Å². The highest BCUT2D eigenvalue weighted by Crippen LogP contribution is 2.32. The van der Waals surface area contributed by atoms with E-state index >= 15 is 0 Å². The van der Waals surface area contributed by atoms with E-state index in [0.29, 0.717) is 0 Å². The number of pyridine rings is 1. The van der Waals surface area contributed by atoms with Crippen molar-refractivity contribution < 1.29 is 27.5 Å². The van der Waals surface area contributed by atoms with Crippen molar-refractivity contribution in [1.29, 1.82) is 0 Å². The van der Waals surface area contributed by atoms with Crippen molar-refractivity contribution in [3.63, 3.8) is 0 Å². The lowest BCUT2D eigenvalue weighted by Crippen LogP contribution is -2.34. The van der Waals surface area contributed by atoms with Gasteiger partial charge in [0.05, 0.1) is 28.0 Å². The summed E-state index contributed by atoms with van der Waals surface area (Å²) in [4.78, 5) is 27.9. The molecular formula is C20H13ClF3N3O3. The molecule has 0 fully saturated rings. The first-order valence-electron chi connectivity index (χ1n) is 8.40. The molecule has 2 N–H and O–H groups in total. The molecule has 154 valence electrons. The lowest BCUT2D eigenvalue weighted by Gasteiger charge is -2.10. The van der Waals surface area contributed by atoms with E-state index in [1.807, 2.05) is 0 Å². The van der Waals surface area contributed by atoms with Gasteiger partial charge in [-0.15, -0.1) is 0 Å². The minimum Gasteiger partial charge on any atom is -0.439 e. The lowest BCUT2D eigenvalue weighted by atomic mass is 10.2. The summed E-state index contributed by atoms with van der Waals surface area (Å²) in [5.41, 5.74) is -0.480. The Morgan fingerprint density at radius 2 is 1.77 bits per heavy atom. The summed E-state index contributed by atoms with van der Waals surface area (Å²) in [6.07, 6.45) is -3.27. The van der Waals surface area contributed by atoms with Crippen molar-refractivity contribution in [3.8, 4) is 11.6 Å². The molecule has 0 aliphatic rings. The van der Waals surface area contributed by atoms with Crippen LogP contribution in [0.1, 0.15) is 15.9 Å². The topological polar surface area (TPSA) is 80.3 Å². The van der Waals surface area contributed by atoms with Gasteiger partial charge < -0.3 is 10.1 Å². The highest BCUT2D eigenvalue weighted by molar-refractivity contribution is 6.34. The zero-order valence-electron chi connectivity index (χ0n) is 15.0. The molecule has 0 saturated heterocycles. The number of benzene rings is 2. The molecule has 0 unspecified atom stereocenters. The van der Waals surface area contributed by atoms with Crippen LogP contribution in [0.15, 0.2) is 66.9 Å². The number of halogens is 4. The monoisotopic (exact) mass is 435 g/mol. The fourth-order valence-corrected chi connectivity index (χ4v) is 2.57. The average Bonchev–Trinajstić information content (AvgIpc) is 2.69. The van der Waals surface area contributed by atoms with Gasteiger partial charge in [-0.25, -0.2) is 9.78 Å². The number of rotatable bonds is 4. The molecule has 0 bridgehead atoms. The normalized spacial score (nSPS) is 10.9. The molecule has 3 rings (SSSR count). The number of alkyl halides is 3. The largest absolute Gasteiger partial charge is 0.439 e. The number of aromatic nitrogens is 1. The molecule has 3 amide bonds. The van der Waals surface area contributed by atoms with Crippen molar-refractivity contribution in [2.24, 2.45) is 0 Å². The van der Waals surface area contributed by atoms with Gasteiger partial charge in [0.2, 0.25) is 5.88 Å². The quantitative estimate of drug-likeness (QED) is 0.566. The minimum absolute atomic E-state index is 0.0208. The van der Waals surface area contributed by atoms with Gasteiger partial charge in [0, 0.05) is 6.07 Å². The molecule has 0 atom stereocenters. The molecule has 0 saturated carbocycles. The average molecular weight is 436 g/mol. The number of anilines is 1. The zero-order valence-corrected chi connectivity index (χ0v) is 15.8. The first-order valence-corrected chi connectivity index (χ1v) is 8.78. The summed E-state index contributed by atoms with van der Waals surface area (Å²) in [5.74, 6) is -0.705. The Kier molecular flexibility index (Phi) is 6.22. The number of nitrogens with one attached hydrogen (secondary N) is 2. The number of nitrogens with zero attached hydrogens (tertiary/aromatic N) is 1. The van der Waals surface area contributed by atoms with Gasteiger partial charge in [0.25, 0.3) is 5.91 Å². The third-order valence-electron chi connectivity index (χ3n) is 3.72. The van der Waals surface area contributed by atoms with Crippen LogP contribution in [-0.4, -0.2) is 16.9 Å². The maximum absolute atomic E-state index is 12.8. The van der Waals surface area contributed by atoms with Crippen molar-refractivity contribution in [2.75, 3.05) is 5.32 Å². The van der Waals surface area contributed by atoms with E-state index in [1.165, 1.54) is 42.6 Å². The summed E-state index contributed by atoms with van der Waals surface area (Å²) < 4.78 is 43.6. The van der Waals surface area contributed by atoms with Crippen molar-refractivity contribution in [1.82, 2.24) is 10.3 Å². The van der Waals surface area contributed by atoms with Crippen LogP contribution in [0, 0.1) is 0 Å². The van der Waals surface area contributed by atoms with Crippen molar-refractivity contribution >= 4 is 29.2 Å². The van der Waals surface area contributed by atoms with E-state index < -0.39 is 23.7 Å². The zero-order chi connectivity index (χ0) is 21.7. The summed E-state index contributed by atoms with van der Waals surface area (Å²) in [7, 11) is 0. The van der Waals surface area contributed by atoms with Crippen LogP contribution in [-0.2, 0) is 6.18 Å². The van der Waals surface area contributed by atoms with Gasteiger partial charge in [-0.1, -0.05) is 29.8 Å². The molecule has 6 nitrogen and oxygen atoms in total. The molecule has 0 spiro atoms. The van der Waals surface area contributed by atoms with Crippen LogP contribution in [0.3, 0.4) is 0 Å². The minimum atomic E-state index is -4.49. The third kappa shape index (κ3) is 5.48. The van der Waals surface area contributed by atoms with E-state index in [0.717, 1.165) is 12.1 Å². The number of urea groups is 1. The predicted molar refractivity (Wildman–Crippen MR) is 104 cm³/mol. The van der Waals surface area contributed by atoms with Crippen LogP contribution in [0.4, 0.5) is 23.7 Å². The number of carbonyl (C=O) groups is 2. The fourth-order valence-electron chi connectivity index (χ4n) is 2.35. The summed E-state index contributed by atoms with van der Waals surface area (Å²) in [5, 5.41) is 4.72. The number of hydrogen-bond donors (Lipinski definition) is 2. The van der Waals surface area contributed by atoms with Crippen LogP contribution in [0.2, 0.25) is 5.02 Å². The van der Waals surface area contributed by atoms with Crippen LogP contribution < -0.4 is 15.4 Å². The SMILES string of the molecule is O=C(NC(=O)c1ccccc1Cl)Nc1ccc(Oc2cccc(C(F)(F)F)c2)nc1. The van der Waals surface area contributed by atoms with Crippen LogP contribution >= 0.6 is 11.6 Å². The van der Waals surface area contributed by atoms with Crippen LogP contribution in [0.25, 0.3) is 0 Å². The molecule has 1 heterocycles. The summed E-state index contributed by atoms with van der Waals surface area (Å²) >= 11 is 5.90.